The minimum atomic E-state index is -0.224. The standard InChI is InChI=1S/C16H13N3O3S2/c20-14(18-13-5-1-2-7-17-13)6-8-19-15(21)12(24-16(19)23)10-11-4-3-9-22-11/h1-5,7,9-10H,6,8H2,(H,17,18,20)/b12-10+. The van der Waals surface area contributed by atoms with E-state index in [4.69, 9.17) is 16.6 Å². The Morgan fingerprint density at radius 1 is 1.38 bits per heavy atom. The first kappa shape index (κ1) is 16.4. The number of hydrogen-bond donors (Lipinski definition) is 1. The number of nitrogens with one attached hydrogen (secondary N) is 1. The Labute approximate surface area is 147 Å². The number of amides is 2. The molecule has 0 radical (unpaired) electrons. The number of pyridine rings is 1. The molecule has 0 unspecified atom stereocenters. The minimum absolute atomic E-state index is 0.136. The Morgan fingerprint density at radius 2 is 2.25 bits per heavy atom. The first-order valence-corrected chi connectivity index (χ1v) is 8.36. The normalized spacial score (nSPS) is 16.0. The summed E-state index contributed by atoms with van der Waals surface area (Å²) in [6, 6.07) is 8.75. The van der Waals surface area contributed by atoms with Gasteiger partial charge >= 0.3 is 0 Å². The molecule has 1 aliphatic rings. The maximum atomic E-state index is 12.4. The first-order valence-electron chi connectivity index (χ1n) is 7.13. The summed E-state index contributed by atoms with van der Waals surface area (Å²) < 4.78 is 5.64. The van der Waals surface area contributed by atoms with Crippen molar-refractivity contribution < 1.29 is 14.0 Å². The zero-order valence-corrected chi connectivity index (χ0v) is 14.1. The van der Waals surface area contributed by atoms with Gasteiger partial charge in [-0.25, -0.2) is 4.98 Å². The fraction of sp³-hybridized carbons (Fsp3) is 0.125. The van der Waals surface area contributed by atoms with Gasteiger partial charge < -0.3 is 9.73 Å². The van der Waals surface area contributed by atoms with E-state index in [9.17, 15) is 9.59 Å². The van der Waals surface area contributed by atoms with Gasteiger partial charge in [0.2, 0.25) is 5.91 Å². The zero-order valence-electron chi connectivity index (χ0n) is 12.5. The van der Waals surface area contributed by atoms with Gasteiger partial charge in [-0.15, -0.1) is 0 Å². The predicted octanol–water partition coefficient (Wildman–Crippen LogP) is 2.90. The number of nitrogens with zero attached hydrogens (tertiary/aromatic N) is 2. The van der Waals surface area contributed by atoms with E-state index in [1.54, 1.807) is 42.6 Å². The van der Waals surface area contributed by atoms with E-state index in [0.717, 1.165) is 0 Å². The highest BCUT2D eigenvalue weighted by molar-refractivity contribution is 8.26. The number of carbonyl (C=O) groups excluding carboxylic acids is 2. The van der Waals surface area contributed by atoms with Crippen molar-refractivity contribution in [2.75, 3.05) is 11.9 Å². The fourth-order valence-electron chi connectivity index (χ4n) is 2.05. The molecule has 0 saturated carbocycles. The average Bonchev–Trinajstić information content (AvgIpc) is 3.16. The van der Waals surface area contributed by atoms with Crippen molar-refractivity contribution in [3.8, 4) is 0 Å². The summed E-state index contributed by atoms with van der Waals surface area (Å²) in [6.45, 7) is 0.221. The van der Waals surface area contributed by atoms with Gasteiger partial charge in [-0.2, -0.15) is 0 Å². The molecule has 6 nitrogen and oxygen atoms in total. The van der Waals surface area contributed by atoms with Crippen molar-refractivity contribution in [2.45, 2.75) is 6.42 Å². The second-order valence-electron chi connectivity index (χ2n) is 4.86. The van der Waals surface area contributed by atoms with E-state index in [-0.39, 0.29) is 24.8 Å². The average molecular weight is 359 g/mol. The maximum Gasteiger partial charge on any atom is 0.266 e. The first-order chi connectivity index (χ1) is 11.6. The molecule has 1 N–H and O–H groups in total. The van der Waals surface area contributed by atoms with Crippen LogP contribution >= 0.6 is 24.0 Å². The highest BCUT2D eigenvalue weighted by Crippen LogP contribution is 2.32. The lowest BCUT2D eigenvalue weighted by molar-refractivity contribution is -0.122. The Balaban J connectivity index is 1.58. The second kappa shape index (κ2) is 7.41. The molecule has 3 heterocycles. The topological polar surface area (TPSA) is 75.4 Å². The Hall–Kier alpha value is -2.45. The lowest BCUT2D eigenvalue weighted by Crippen LogP contribution is -2.31. The molecule has 0 aliphatic carbocycles. The third kappa shape index (κ3) is 3.90. The van der Waals surface area contributed by atoms with Gasteiger partial charge in [-0.1, -0.05) is 30.0 Å². The molecular formula is C16H13N3O3S2. The summed E-state index contributed by atoms with van der Waals surface area (Å²) in [5.41, 5.74) is 0. The Morgan fingerprint density at radius 3 is 2.96 bits per heavy atom. The molecule has 0 spiro atoms. The molecule has 0 aromatic carbocycles. The molecule has 2 amide bonds. The van der Waals surface area contributed by atoms with E-state index >= 15 is 0 Å². The Bertz CT molecular complexity index is 788. The van der Waals surface area contributed by atoms with Crippen molar-refractivity contribution in [1.82, 2.24) is 9.88 Å². The van der Waals surface area contributed by atoms with Gasteiger partial charge in [-0.05, 0) is 24.3 Å². The number of anilines is 1. The van der Waals surface area contributed by atoms with Crippen LogP contribution in [0, 0.1) is 0 Å². The molecule has 8 heteroatoms. The van der Waals surface area contributed by atoms with Crippen molar-refractivity contribution in [1.29, 1.82) is 0 Å². The number of thioether (sulfide) groups is 1. The maximum absolute atomic E-state index is 12.4. The van der Waals surface area contributed by atoms with Crippen LogP contribution in [-0.2, 0) is 9.59 Å². The van der Waals surface area contributed by atoms with Gasteiger partial charge in [-0.3, -0.25) is 14.5 Å². The molecule has 0 atom stereocenters. The number of thiocarbonyl (C=S) groups is 1. The van der Waals surface area contributed by atoms with Crippen molar-refractivity contribution >= 4 is 52.0 Å². The van der Waals surface area contributed by atoms with Crippen LogP contribution in [-0.4, -0.2) is 32.6 Å². The molecule has 24 heavy (non-hydrogen) atoms. The SMILES string of the molecule is O=C(CCN1C(=O)/C(=C\c2ccco2)SC1=S)Nc1ccccn1. The van der Waals surface area contributed by atoms with Gasteiger partial charge in [0.1, 0.15) is 15.9 Å². The van der Waals surface area contributed by atoms with Crippen molar-refractivity contribution in [3.05, 3.63) is 53.5 Å². The van der Waals surface area contributed by atoms with E-state index < -0.39 is 0 Å². The number of hydrogen-bond acceptors (Lipinski definition) is 6. The lowest BCUT2D eigenvalue weighted by Gasteiger charge is -2.13. The summed E-state index contributed by atoms with van der Waals surface area (Å²) in [4.78, 5) is 30.3. The van der Waals surface area contributed by atoms with Crippen LogP contribution < -0.4 is 5.32 Å². The van der Waals surface area contributed by atoms with Crippen LogP contribution in [0.25, 0.3) is 6.08 Å². The monoisotopic (exact) mass is 359 g/mol. The van der Waals surface area contributed by atoms with Crippen LogP contribution in [0.3, 0.4) is 0 Å². The van der Waals surface area contributed by atoms with Crippen LogP contribution in [0.1, 0.15) is 12.2 Å². The summed E-state index contributed by atoms with van der Waals surface area (Å²) in [7, 11) is 0. The smallest absolute Gasteiger partial charge is 0.266 e. The highest BCUT2D eigenvalue weighted by atomic mass is 32.2. The van der Waals surface area contributed by atoms with E-state index in [2.05, 4.69) is 10.3 Å². The molecule has 122 valence electrons. The molecule has 3 rings (SSSR count). The van der Waals surface area contributed by atoms with Crippen LogP contribution in [0.5, 0.6) is 0 Å². The summed E-state index contributed by atoms with van der Waals surface area (Å²) in [5.74, 6) is 0.624. The number of carbonyl (C=O) groups is 2. The predicted molar refractivity (Wildman–Crippen MR) is 96.1 cm³/mol. The molecule has 1 aliphatic heterocycles. The van der Waals surface area contributed by atoms with E-state index in [0.29, 0.717) is 20.8 Å². The molecule has 2 aromatic rings. The van der Waals surface area contributed by atoms with Crippen LogP contribution in [0.2, 0.25) is 0 Å². The number of aromatic nitrogens is 1. The lowest BCUT2D eigenvalue weighted by atomic mass is 10.3. The second-order valence-corrected chi connectivity index (χ2v) is 6.54. The van der Waals surface area contributed by atoms with Gasteiger partial charge in [0.05, 0.1) is 11.2 Å². The summed E-state index contributed by atoms with van der Waals surface area (Å²) in [5, 5.41) is 2.68. The largest absolute Gasteiger partial charge is 0.465 e. The molecule has 0 bridgehead atoms. The van der Waals surface area contributed by atoms with Crippen LogP contribution in [0.4, 0.5) is 5.82 Å². The molecule has 1 saturated heterocycles. The number of furan rings is 1. The van der Waals surface area contributed by atoms with Gasteiger partial charge in [0.15, 0.2) is 0 Å². The molecule has 1 fully saturated rings. The minimum Gasteiger partial charge on any atom is -0.465 e. The third-order valence-electron chi connectivity index (χ3n) is 3.18. The third-order valence-corrected chi connectivity index (χ3v) is 4.56. The zero-order chi connectivity index (χ0) is 16.9. The molecule has 2 aromatic heterocycles. The van der Waals surface area contributed by atoms with E-state index in [1.807, 2.05) is 0 Å². The van der Waals surface area contributed by atoms with Crippen LogP contribution in [0.15, 0.2) is 52.1 Å². The summed E-state index contributed by atoms with van der Waals surface area (Å²) >= 11 is 6.43. The van der Waals surface area contributed by atoms with E-state index in [1.165, 1.54) is 22.9 Å². The van der Waals surface area contributed by atoms with Gasteiger partial charge in [0, 0.05) is 25.2 Å². The van der Waals surface area contributed by atoms with Crippen molar-refractivity contribution in [3.63, 3.8) is 0 Å². The summed E-state index contributed by atoms with van der Waals surface area (Å²) in [6.07, 6.45) is 4.91. The van der Waals surface area contributed by atoms with Crippen molar-refractivity contribution in [2.24, 2.45) is 0 Å². The number of rotatable bonds is 5. The highest BCUT2D eigenvalue weighted by Gasteiger charge is 2.32. The Kier molecular flexibility index (Phi) is 5.07. The quantitative estimate of drug-likeness (QED) is 0.653. The fourth-order valence-corrected chi connectivity index (χ4v) is 3.34. The van der Waals surface area contributed by atoms with Gasteiger partial charge in [0.25, 0.3) is 5.91 Å². The molecular weight excluding hydrogens is 346 g/mol.